The smallest absolute Gasteiger partial charge is 0.345 e. The Morgan fingerprint density at radius 1 is 1.07 bits per heavy atom. The fourth-order valence-electron chi connectivity index (χ4n) is 2.52. The zero-order valence-corrected chi connectivity index (χ0v) is 18.2. The summed E-state index contributed by atoms with van der Waals surface area (Å²) in [7, 11) is 0. The highest BCUT2D eigenvalue weighted by Gasteiger charge is 2.13. The number of ether oxygens (including phenoxy) is 1. The van der Waals surface area contributed by atoms with Crippen molar-refractivity contribution in [3.63, 3.8) is 0 Å². The van der Waals surface area contributed by atoms with E-state index in [1.54, 1.807) is 30.5 Å². The number of hydrogen-bond donors (Lipinski definition) is 2. The van der Waals surface area contributed by atoms with Gasteiger partial charge in [0.05, 0.1) is 16.8 Å². The number of hydrazone groups is 1. The molecule has 0 amide bonds. The molecule has 3 aromatic rings. The highest BCUT2D eigenvalue weighted by molar-refractivity contribution is 7.80. The van der Waals surface area contributed by atoms with Gasteiger partial charge in [-0.25, -0.2) is 4.79 Å². The van der Waals surface area contributed by atoms with Crippen LogP contribution in [0.3, 0.4) is 0 Å². The van der Waals surface area contributed by atoms with Gasteiger partial charge in [-0.1, -0.05) is 47.5 Å². The van der Waals surface area contributed by atoms with Gasteiger partial charge in [0.25, 0.3) is 0 Å². The molecule has 0 fully saturated rings. The maximum absolute atomic E-state index is 12.3. The van der Waals surface area contributed by atoms with E-state index in [0.717, 1.165) is 11.3 Å². The van der Waals surface area contributed by atoms with Crippen LogP contribution in [0.2, 0.25) is 10.0 Å². The molecular formula is C22H17Cl2N3O2S. The minimum atomic E-state index is -0.576. The Morgan fingerprint density at radius 2 is 1.87 bits per heavy atom. The van der Waals surface area contributed by atoms with E-state index in [2.05, 4.69) is 15.8 Å². The topological polar surface area (TPSA) is 62.7 Å². The van der Waals surface area contributed by atoms with E-state index in [1.807, 2.05) is 37.3 Å². The molecule has 0 aliphatic rings. The van der Waals surface area contributed by atoms with Crippen LogP contribution in [0.4, 0.5) is 5.69 Å². The Hall–Kier alpha value is -2.93. The van der Waals surface area contributed by atoms with Crippen LogP contribution in [0.1, 0.15) is 21.5 Å². The third kappa shape index (κ3) is 6.29. The number of carbonyl (C=O) groups excluding carboxylic acids is 1. The predicted octanol–water partition coefficient (Wildman–Crippen LogP) is 5.84. The summed E-state index contributed by atoms with van der Waals surface area (Å²) >= 11 is 17.1. The van der Waals surface area contributed by atoms with Gasteiger partial charge >= 0.3 is 5.97 Å². The Kier molecular flexibility index (Phi) is 7.41. The van der Waals surface area contributed by atoms with Gasteiger partial charge < -0.3 is 10.1 Å². The van der Waals surface area contributed by atoms with Gasteiger partial charge in [-0.05, 0) is 72.7 Å². The number of carbonyl (C=O) groups is 1. The molecule has 0 saturated carbocycles. The number of nitrogens with one attached hydrogen (secondary N) is 2. The van der Waals surface area contributed by atoms with Crippen LogP contribution in [0, 0.1) is 6.92 Å². The highest BCUT2D eigenvalue weighted by Crippen LogP contribution is 2.23. The molecule has 152 valence electrons. The zero-order valence-electron chi connectivity index (χ0n) is 15.9. The van der Waals surface area contributed by atoms with Crippen LogP contribution >= 0.6 is 35.4 Å². The van der Waals surface area contributed by atoms with Gasteiger partial charge in [-0.2, -0.15) is 5.10 Å². The normalized spacial score (nSPS) is 10.6. The average molecular weight is 458 g/mol. The van der Waals surface area contributed by atoms with Crippen LogP contribution < -0.4 is 15.5 Å². The lowest BCUT2D eigenvalue weighted by atomic mass is 10.2. The second-order valence-electron chi connectivity index (χ2n) is 6.28. The molecule has 0 radical (unpaired) electrons. The number of anilines is 1. The molecule has 0 bridgehead atoms. The molecule has 0 aromatic heterocycles. The van der Waals surface area contributed by atoms with Crippen LogP contribution in [0.15, 0.2) is 71.8 Å². The van der Waals surface area contributed by atoms with Crippen molar-refractivity contribution in [2.45, 2.75) is 6.92 Å². The first-order valence-corrected chi connectivity index (χ1v) is 10.0. The van der Waals surface area contributed by atoms with Gasteiger partial charge in [-0.3, -0.25) is 5.43 Å². The number of thiocarbonyl (C=S) groups is 1. The molecule has 3 rings (SSSR count). The summed E-state index contributed by atoms with van der Waals surface area (Å²) < 4.78 is 5.39. The Bertz CT molecular complexity index is 1120. The highest BCUT2D eigenvalue weighted by atomic mass is 35.5. The Morgan fingerprint density at radius 3 is 2.63 bits per heavy atom. The predicted molar refractivity (Wildman–Crippen MR) is 126 cm³/mol. The molecule has 0 unspecified atom stereocenters. The number of esters is 1. The number of nitrogens with zero attached hydrogens (tertiary/aromatic N) is 1. The fourth-order valence-corrected chi connectivity index (χ4v) is 3.18. The number of hydrogen-bond acceptors (Lipinski definition) is 4. The molecule has 30 heavy (non-hydrogen) atoms. The molecule has 0 aliphatic carbocycles. The molecule has 0 spiro atoms. The maximum atomic E-state index is 12.3. The standard InChI is InChI=1S/C22H17Cl2N3O2S/c1-14-4-2-6-17(10-14)26-22(30)27-25-13-15-5-3-7-18(11-15)29-21(28)19-9-8-16(23)12-20(19)24/h2-13H,1H3,(H2,26,27,30). The van der Waals surface area contributed by atoms with Crippen molar-refractivity contribution in [1.82, 2.24) is 5.43 Å². The van der Waals surface area contributed by atoms with Crippen molar-refractivity contribution in [1.29, 1.82) is 0 Å². The van der Waals surface area contributed by atoms with Crippen molar-refractivity contribution >= 4 is 58.4 Å². The molecule has 0 saturated heterocycles. The lowest BCUT2D eigenvalue weighted by molar-refractivity contribution is 0.0735. The van der Waals surface area contributed by atoms with Crippen molar-refractivity contribution in [2.24, 2.45) is 5.10 Å². The number of rotatable bonds is 5. The van der Waals surface area contributed by atoms with Crippen molar-refractivity contribution in [3.05, 3.63) is 93.5 Å². The summed E-state index contributed by atoms with van der Waals surface area (Å²) in [5, 5.41) is 8.18. The zero-order chi connectivity index (χ0) is 21.5. The molecule has 0 aliphatic heterocycles. The molecule has 8 heteroatoms. The van der Waals surface area contributed by atoms with Crippen molar-refractivity contribution < 1.29 is 9.53 Å². The van der Waals surface area contributed by atoms with Gasteiger partial charge in [0.2, 0.25) is 0 Å². The fraction of sp³-hybridized carbons (Fsp3) is 0.0455. The minimum Gasteiger partial charge on any atom is -0.423 e. The maximum Gasteiger partial charge on any atom is 0.345 e. The van der Waals surface area contributed by atoms with Crippen LogP contribution in [-0.2, 0) is 0 Å². The van der Waals surface area contributed by atoms with Crippen molar-refractivity contribution in [3.8, 4) is 5.75 Å². The van der Waals surface area contributed by atoms with E-state index in [1.165, 1.54) is 12.1 Å². The average Bonchev–Trinajstić information content (AvgIpc) is 2.68. The van der Waals surface area contributed by atoms with E-state index in [9.17, 15) is 4.79 Å². The van der Waals surface area contributed by atoms with Crippen LogP contribution in [-0.4, -0.2) is 17.3 Å². The number of benzene rings is 3. The number of halogens is 2. The van der Waals surface area contributed by atoms with Gasteiger partial charge in [0.1, 0.15) is 5.75 Å². The van der Waals surface area contributed by atoms with Gasteiger partial charge in [-0.15, -0.1) is 0 Å². The Labute approximate surface area is 189 Å². The van der Waals surface area contributed by atoms with Gasteiger partial charge in [0.15, 0.2) is 5.11 Å². The molecule has 3 aromatic carbocycles. The summed E-state index contributed by atoms with van der Waals surface area (Å²) in [6.07, 6.45) is 1.57. The lowest BCUT2D eigenvalue weighted by Gasteiger charge is -2.08. The molecule has 5 nitrogen and oxygen atoms in total. The van der Waals surface area contributed by atoms with Gasteiger partial charge in [0, 0.05) is 10.7 Å². The molecular weight excluding hydrogens is 441 g/mol. The summed E-state index contributed by atoms with van der Waals surface area (Å²) in [6.45, 7) is 2.00. The largest absolute Gasteiger partial charge is 0.423 e. The minimum absolute atomic E-state index is 0.226. The summed E-state index contributed by atoms with van der Waals surface area (Å²) in [6, 6.07) is 19.3. The van der Waals surface area contributed by atoms with Crippen LogP contribution in [0.5, 0.6) is 5.75 Å². The Balaban J connectivity index is 1.59. The molecule has 2 N–H and O–H groups in total. The van der Waals surface area contributed by atoms with Crippen molar-refractivity contribution in [2.75, 3.05) is 5.32 Å². The molecule has 0 heterocycles. The summed E-state index contributed by atoms with van der Waals surface area (Å²) in [5.74, 6) is -0.220. The van der Waals surface area contributed by atoms with E-state index in [4.69, 9.17) is 40.2 Å². The quantitative estimate of drug-likeness (QED) is 0.165. The lowest BCUT2D eigenvalue weighted by Crippen LogP contribution is -2.23. The third-order valence-corrected chi connectivity index (χ3v) is 4.62. The second-order valence-corrected chi connectivity index (χ2v) is 7.53. The SMILES string of the molecule is Cc1cccc(NC(=S)NN=Cc2cccc(OC(=O)c3ccc(Cl)cc3Cl)c2)c1. The van der Waals surface area contributed by atoms with E-state index in [-0.39, 0.29) is 10.6 Å². The van der Waals surface area contributed by atoms with E-state index < -0.39 is 5.97 Å². The second kappa shape index (κ2) is 10.2. The first kappa shape index (κ1) is 21.8. The molecule has 0 atom stereocenters. The summed E-state index contributed by atoms with van der Waals surface area (Å²) in [5.41, 5.74) is 5.69. The van der Waals surface area contributed by atoms with Crippen LogP contribution in [0.25, 0.3) is 0 Å². The van der Waals surface area contributed by atoms with E-state index in [0.29, 0.717) is 21.4 Å². The first-order valence-electron chi connectivity index (χ1n) is 8.85. The number of aryl methyl sites for hydroxylation is 1. The van der Waals surface area contributed by atoms with E-state index >= 15 is 0 Å². The monoisotopic (exact) mass is 457 g/mol. The summed E-state index contributed by atoms with van der Waals surface area (Å²) in [4.78, 5) is 12.3. The third-order valence-electron chi connectivity index (χ3n) is 3.88. The first-order chi connectivity index (χ1) is 14.4.